The molecule has 5 nitrogen and oxygen atoms in total. The lowest BCUT2D eigenvalue weighted by molar-refractivity contribution is -0.127. The predicted octanol–water partition coefficient (Wildman–Crippen LogP) is 3.24. The Balaban J connectivity index is 1.63. The molecular weight excluding hydrogens is 314 g/mol. The van der Waals surface area contributed by atoms with Gasteiger partial charge in [0.15, 0.2) is 0 Å². The van der Waals surface area contributed by atoms with Crippen LogP contribution in [0.2, 0.25) is 0 Å². The number of hydrogen-bond donors (Lipinski definition) is 2. The van der Waals surface area contributed by atoms with Gasteiger partial charge in [-0.3, -0.25) is 9.59 Å². The summed E-state index contributed by atoms with van der Waals surface area (Å²) in [4.78, 5) is 30.6. The third-order valence-electron chi connectivity index (χ3n) is 6.06. The second-order valence-corrected chi connectivity index (χ2v) is 7.81. The average Bonchev–Trinajstić information content (AvgIpc) is 2.89. The Morgan fingerprint density at radius 1 is 1.00 bits per heavy atom. The van der Waals surface area contributed by atoms with Gasteiger partial charge in [-0.15, -0.1) is 0 Å². The lowest BCUT2D eigenvalue weighted by Gasteiger charge is -2.33. The first kappa shape index (κ1) is 18.0. The van der Waals surface area contributed by atoms with E-state index in [-0.39, 0.29) is 17.7 Å². The number of piperidine rings is 1. The van der Waals surface area contributed by atoms with Crippen molar-refractivity contribution in [2.24, 2.45) is 5.92 Å². The van der Waals surface area contributed by atoms with Gasteiger partial charge in [0, 0.05) is 24.8 Å². The number of likely N-dealkylation sites (tertiary alicyclic amines) is 1. The number of hydrogen-bond acceptors (Lipinski definition) is 2. The van der Waals surface area contributed by atoms with Crippen LogP contribution >= 0.6 is 0 Å². The number of nitrogens with one attached hydrogen (secondary N) is 2. The summed E-state index contributed by atoms with van der Waals surface area (Å²) in [5.74, 6) is 0.0981. The number of nitrogens with zero attached hydrogens (tertiary/aromatic N) is 1. The largest absolute Gasteiger partial charge is 0.354 e. The second-order valence-electron chi connectivity index (χ2n) is 7.81. The maximum Gasteiger partial charge on any atom is 0.270 e. The molecule has 2 N–H and O–H groups in total. The van der Waals surface area contributed by atoms with Crippen LogP contribution < -0.4 is 5.32 Å². The number of carbonyl (C=O) groups is 2. The van der Waals surface area contributed by atoms with E-state index < -0.39 is 0 Å². The van der Waals surface area contributed by atoms with Gasteiger partial charge in [0.2, 0.25) is 5.91 Å². The van der Waals surface area contributed by atoms with E-state index in [4.69, 9.17) is 0 Å². The van der Waals surface area contributed by atoms with Gasteiger partial charge in [-0.1, -0.05) is 19.3 Å². The van der Waals surface area contributed by atoms with Gasteiger partial charge in [0.25, 0.3) is 5.91 Å². The van der Waals surface area contributed by atoms with Gasteiger partial charge >= 0.3 is 0 Å². The third-order valence-corrected chi connectivity index (χ3v) is 6.06. The van der Waals surface area contributed by atoms with Crippen LogP contribution in [0, 0.1) is 26.7 Å². The monoisotopic (exact) mass is 345 g/mol. The minimum Gasteiger partial charge on any atom is -0.354 e. The van der Waals surface area contributed by atoms with Crippen molar-refractivity contribution >= 4 is 11.8 Å². The molecular formula is C20H31N3O2. The molecule has 1 aromatic heterocycles. The topological polar surface area (TPSA) is 65.2 Å². The Morgan fingerprint density at radius 2 is 1.72 bits per heavy atom. The molecule has 25 heavy (non-hydrogen) atoms. The van der Waals surface area contributed by atoms with E-state index in [1.807, 2.05) is 25.7 Å². The number of amides is 2. The quantitative estimate of drug-likeness (QED) is 0.883. The van der Waals surface area contributed by atoms with E-state index >= 15 is 0 Å². The molecule has 1 aliphatic carbocycles. The van der Waals surface area contributed by atoms with Crippen molar-refractivity contribution in [1.82, 2.24) is 15.2 Å². The predicted molar refractivity (Wildman–Crippen MR) is 98.6 cm³/mol. The van der Waals surface area contributed by atoms with Crippen LogP contribution in [0.4, 0.5) is 0 Å². The number of H-pyrrole nitrogens is 1. The van der Waals surface area contributed by atoms with Crippen LogP contribution in [-0.4, -0.2) is 40.8 Å². The Bertz CT molecular complexity index is 644. The molecule has 1 saturated heterocycles. The first-order chi connectivity index (χ1) is 12.0. The van der Waals surface area contributed by atoms with Gasteiger partial charge in [-0.25, -0.2) is 0 Å². The minimum atomic E-state index is -0.0721. The summed E-state index contributed by atoms with van der Waals surface area (Å²) in [6.45, 7) is 7.30. The second kappa shape index (κ2) is 7.63. The van der Waals surface area contributed by atoms with E-state index in [2.05, 4.69) is 10.3 Å². The van der Waals surface area contributed by atoms with Gasteiger partial charge in [-0.2, -0.15) is 0 Å². The lowest BCUT2D eigenvalue weighted by Crippen LogP contribution is -2.48. The smallest absolute Gasteiger partial charge is 0.270 e. The van der Waals surface area contributed by atoms with E-state index in [0.717, 1.165) is 49.0 Å². The van der Waals surface area contributed by atoms with Crippen molar-refractivity contribution in [1.29, 1.82) is 0 Å². The first-order valence-corrected chi connectivity index (χ1v) is 9.72. The number of carbonyl (C=O) groups excluding carboxylic acids is 2. The number of rotatable bonds is 3. The maximum atomic E-state index is 12.9. The van der Waals surface area contributed by atoms with E-state index in [0.29, 0.717) is 18.3 Å². The van der Waals surface area contributed by atoms with E-state index in [9.17, 15) is 9.59 Å². The summed E-state index contributed by atoms with van der Waals surface area (Å²) in [5, 5.41) is 3.23. The summed E-state index contributed by atoms with van der Waals surface area (Å²) in [5.41, 5.74) is 3.90. The summed E-state index contributed by atoms with van der Waals surface area (Å²) in [6.07, 6.45) is 7.68. The molecule has 3 rings (SSSR count). The Kier molecular flexibility index (Phi) is 5.50. The molecule has 2 amide bonds. The van der Waals surface area contributed by atoms with Crippen molar-refractivity contribution < 1.29 is 9.59 Å². The SMILES string of the molecule is Cc1[nH]c(C(=O)N2CCCC(C(=O)NC3CCCCC3)C2)c(C)c1C. The molecule has 2 aliphatic rings. The molecule has 1 saturated carbocycles. The fraction of sp³-hybridized carbons (Fsp3) is 0.700. The Morgan fingerprint density at radius 3 is 2.36 bits per heavy atom. The van der Waals surface area contributed by atoms with Crippen molar-refractivity contribution in [3.05, 3.63) is 22.5 Å². The van der Waals surface area contributed by atoms with Crippen LogP contribution in [0.15, 0.2) is 0 Å². The molecule has 0 spiro atoms. The first-order valence-electron chi connectivity index (χ1n) is 9.72. The van der Waals surface area contributed by atoms with Crippen LogP contribution in [-0.2, 0) is 4.79 Å². The molecule has 5 heteroatoms. The third kappa shape index (κ3) is 3.91. The minimum absolute atomic E-state index is 0.0314. The molecule has 1 aliphatic heterocycles. The van der Waals surface area contributed by atoms with Crippen molar-refractivity contribution in [2.75, 3.05) is 13.1 Å². The zero-order valence-electron chi connectivity index (χ0n) is 15.8. The highest BCUT2D eigenvalue weighted by Crippen LogP contribution is 2.23. The van der Waals surface area contributed by atoms with Crippen molar-refractivity contribution in [3.8, 4) is 0 Å². The lowest BCUT2D eigenvalue weighted by atomic mass is 9.93. The van der Waals surface area contributed by atoms with E-state index in [1.165, 1.54) is 19.3 Å². The highest BCUT2D eigenvalue weighted by molar-refractivity contribution is 5.95. The zero-order chi connectivity index (χ0) is 18.0. The maximum absolute atomic E-state index is 12.9. The number of aromatic amines is 1. The molecule has 2 fully saturated rings. The fourth-order valence-corrected chi connectivity index (χ4v) is 4.16. The molecule has 0 radical (unpaired) electrons. The molecule has 138 valence electrons. The van der Waals surface area contributed by atoms with Crippen LogP contribution in [0.3, 0.4) is 0 Å². The Hall–Kier alpha value is -1.78. The fourth-order valence-electron chi connectivity index (χ4n) is 4.16. The highest BCUT2D eigenvalue weighted by Gasteiger charge is 2.31. The van der Waals surface area contributed by atoms with Crippen molar-refractivity contribution in [2.45, 2.75) is 71.8 Å². The van der Waals surface area contributed by atoms with Crippen LogP contribution in [0.25, 0.3) is 0 Å². The molecule has 0 bridgehead atoms. The highest BCUT2D eigenvalue weighted by atomic mass is 16.2. The average molecular weight is 345 g/mol. The number of aryl methyl sites for hydroxylation is 1. The van der Waals surface area contributed by atoms with Gasteiger partial charge in [0.05, 0.1) is 5.92 Å². The van der Waals surface area contributed by atoms with Crippen LogP contribution in [0.5, 0.6) is 0 Å². The Labute approximate surface area is 150 Å². The zero-order valence-corrected chi connectivity index (χ0v) is 15.8. The standard InChI is InChI=1S/C20H31N3O2/c1-13-14(2)18(21-15(13)3)20(25)23-11-7-8-16(12-23)19(24)22-17-9-5-4-6-10-17/h16-17,21H,4-12H2,1-3H3,(H,22,24). The molecule has 2 heterocycles. The van der Waals surface area contributed by atoms with Gasteiger partial charge in [0.1, 0.15) is 5.69 Å². The molecule has 0 aromatic carbocycles. The van der Waals surface area contributed by atoms with E-state index in [1.54, 1.807) is 0 Å². The molecule has 1 atom stereocenters. The summed E-state index contributed by atoms with van der Waals surface area (Å²) >= 11 is 0. The molecule has 1 unspecified atom stereocenters. The van der Waals surface area contributed by atoms with Crippen molar-refractivity contribution in [3.63, 3.8) is 0 Å². The summed E-state index contributed by atoms with van der Waals surface area (Å²) in [6, 6.07) is 0.336. The number of aromatic nitrogens is 1. The van der Waals surface area contributed by atoms with Gasteiger partial charge < -0.3 is 15.2 Å². The normalized spacial score (nSPS) is 22.0. The van der Waals surface area contributed by atoms with Gasteiger partial charge in [-0.05, 0) is 57.6 Å². The molecule has 1 aromatic rings. The summed E-state index contributed by atoms with van der Waals surface area (Å²) < 4.78 is 0. The summed E-state index contributed by atoms with van der Waals surface area (Å²) in [7, 11) is 0. The van der Waals surface area contributed by atoms with Crippen LogP contribution in [0.1, 0.15) is 72.3 Å².